The van der Waals surface area contributed by atoms with Crippen LogP contribution in [0.5, 0.6) is 0 Å². The Hall–Kier alpha value is -1.56. The maximum Gasteiger partial charge on any atom is 0.167 e. The predicted molar refractivity (Wildman–Crippen MR) is 130 cm³/mol. The Kier molecular flexibility index (Phi) is 6.03. The number of benzene rings is 1. The van der Waals surface area contributed by atoms with Gasteiger partial charge in [0.2, 0.25) is 0 Å². The number of fused-ring (bicyclic) bond motifs is 5. The van der Waals surface area contributed by atoms with Crippen LogP contribution in [0.2, 0.25) is 0 Å². The van der Waals surface area contributed by atoms with Gasteiger partial charge < -0.3 is 14.4 Å². The van der Waals surface area contributed by atoms with E-state index in [0.717, 1.165) is 49.2 Å². The molecule has 178 valence electrons. The van der Waals surface area contributed by atoms with Crippen LogP contribution in [0, 0.1) is 28.6 Å². The summed E-state index contributed by atoms with van der Waals surface area (Å²) in [6.45, 7) is 4.60. The molecule has 1 aromatic rings. The molecule has 0 saturated heterocycles. The van der Waals surface area contributed by atoms with E-state index < -0.39 is 17.3 Å². The number of ether oxygens (including phenoxy) is 1. The number of aliphatic hydroxyl groups is 1. The Morgan fingerprint density at radius 2 is 1.91 bits per heavy atom. The third kappa shape index (κ3) is 3.71. The highest BCUT2D eigenvalue weighted by molar-refractivity contribution is 7.91. The Bertz CT molecular complexity index is 985. The smallest absolute Gasteiger partial charge is 0.167 e. The Balaban J connectivity index is 1.46. The number of methoxy groups -OCH3 is 1. The maximum atomic E-state index is 13.1. The van der Waals surface area contributed by atoms with Gasteiger partial charge >= 0.3 is 0 Å². The molecule has 4 aliphatic rings. The third-order valence-corrected chi connectivity index (χ3v) is 10.9. The van der Waals surface area contributed by atoms with Crippen molar-refractivity contribution < 1.29 is 19.2 Å². The lowest BCUT2D eigenvalue weighted by atomic mass is 9.46. The number of carbonyl (C=O) groups is 1. The molecule has 5 rings (SSSR count). The number of rotatable bonds is 4. The lowest BCUT2D eigenvalue weighted by Crippen LogP contribution is -2.55. The quantitative estimate of drug-likeness (QED) is 0.487. The SMILES string of the molecule is COC(C[S+]([O-])c1ccccc1)=C1CC[C@H]2[C@@H]3CCC4=CC(=O)CC[C@]4(C)[C@H]3C(O)C[C@]12C. The largest absolute Gasteiger partial charge is 0.611 e. The van der Waals surface area contributed by atoms with Gasteiger partial charge in [0.15, 0.2) is 16.4 Å². The van der Waals surface area contributed by atoms with Crippen LogP contribution in [-0.2, 0) is 20.7 Å². The van der Waals surface area contributed by atoms with Crippen molar-refractivity contribution in [3.8, 4) is 0 Å². The van der Waals surface area contributed by atoms with Crippen molar-refractivity contribution in [1.82, 2.24) is 0 Å². The van der Waals surface area contributed by atoms with Crippen LogP contribution in [0.3, 0.4) is 0 Å². The molecular weight excluding hydrogens is 432 g/mol. The second-order valence-corrected chi connectivity index (χ2v) is 12.5. The summed E-state index contributed by atoms with van der Waals surface area (Å²) in [6.07, 6.45) is 7.73. The fourth-order valence-corrected chi connectivity index (χ4v) is 9.16. The summed E-state index contributed by atoms with van der Waals surface area (Å²) >= 11 is -1.16. The van der Waals surface area contributed by atoms with Crippen molar-refractivity contribution in [3.05, 3.63) is 53.3 Å². The second kappa shape index (κ2) is 8.58. The van der Waals surface area contributed by atoms with Gasteiger partial charge in [-0.1, -0.05) is 37.6 Å². The van der Waals surface area contributed by atoms with Crippen molar-refractivity contribution in [3.63, 3.8) is 0 Å². The zero-order valence-electron chi connectivity index (χ0n) is 20.0. The number of hydrogen-bond acceptors (Lipinski definition) is 4. The molecule has 0 radical (unpaired) electrons. The molecule has 7 atom stereocenters. The molecule has 1 aromatic carbocycles. The fraction of sp³-hybridized carbons (Fsp3) is 0.607. The molecule has 0 amide bonds. The third-order valence-electron chi connectivity index (χ3n) is 9.53. The highest BCUT2D eigenvalue weighted by Gasteiger charge is 2.61. The highest BCUT2D eigenvalue weighted by atomic mass is 32.2. The second-order valence-electron chi connectivity index (χ2n) is 11.0. The summed E-state index contributed by atoms with van der Waals surface area (Å²) in [5, 5.41) is 11.6. The summed E-state index contributed by atoms with van der Waals surface area (Å²) in [4.78, 5) is 12.9. The highest BCUT2D eigenvalue weighted by Crippen LogP contribution is 2.66. The molecule has 3 fully saturated rings. The summed E-state index contributed by atoms with van der Waals surface area (Å²) < 4.78 is 19.0. The van der Waals surface area contributed by atoms with E-state index in [0.29, 0.717) is 24.0 Å². The van der Waals surface area contributed by atoms with Crippen LogP contribution in [0.4, 0.5) is 0 Å². The van der Waals surface area contributed by atoms with E-state index in [4.69, 9.17) is 4.74 Å². The van der Waals surface area contributed by atoms with Crippen LogP contribution in [0.25, 0.3) is 0 Å². The van der Waals surface area contributed by atoms with Gasteiger partial charge in [0, 0.05) is 6.42 Å². The van der Waals surface area contributed by atoms with Crippen molar-refractivity contribution in [1.29, 1.82) is 0 Å². The minimum Gasteiger partial charge on any atom is -0.611 e. The molecule has 0 spiro atoms. The van der Waals surface area contributed by atoms with Crippen LogP contribution in [0.15, 0.2) is 58.2 Å². The Morgan fingerprint density at radius 3 is 2.64 bits per heavy atom. The van der Waals surface area contributed by atoms with E-state index in [-0.39, 0.29) is 22.5 Å². The Morgan fingerprint density at radius 1 is 1.15 bits per heavy atom. The van der Waals surface area contributed by atoms with Crippen molar-refractivity contribution in [2.45, 2.75) is 69.8 Å². The molecule has 4 nitrogen and oxygen atoms in total. The zero-order chi connectivity index (χ0) is 23.4. The van der Waals surface area contributed by atoms with E-state index in [1.807, 2.05) is 36.4 Å². The molecule has 0 bridgehead atoms. The van der Waals surface area contributed by atoms with Crippen molar-refractivity contribution in [2.24, 2.45) is 28.6 Å². The van der Waals surface area contributed by atoms with Crippen LogP contribution < -0.4 is 0 Å². The normalized spacial score (nSPS) is 40.3. The number of aliphatic hydroxyl groups excluding tert-OH is 1. The van der Waals surface area contributed by atoms with Gasteiger partial charge in [-0.15, -0.1) is 0 Å². The van der Waals surface area contributed by atoms with Gasteiger partial charge in [0.25, 0.3) is 0 Å². The summed E-state index contributed by atoms with van der Waals surface area (Å²) in [6, 6.07) is 9.59. The molecule has 3 saturated carbocycles. The molecule has 33 heavy (non-hydrogen) atoms. The topological polar surface area (TPSA) is 69.6 Å². The fourth-order valence-electron chi connectivity index (χ4n) is 8.00. The van der Waals surface area contributed by atoms with Gasteiger partial charge in [-0.2, -0.15) is 0 Å². The van der Waals surface area contributed by atoms with E-state index in [1.165, 1.54) is 11.1 Å². The minimum absolute atomic E-state index is 0.0665. The molecule has 5 heteroatoms. The lowest BCUT2D eigenvalue weighted by Gasteiger charge is -2.59. The lowest BCUT2D eigenvalue weighted by molar-refractivity contribution is -0.124. The zero-order valence-corrected chi connectivity index (χ0v) is 20.8. The minimum atomic E-state index is -1.16. The van der Waals surface area contributed by atoms with Crippen LogP contribution >= 0.6 is 0 Å². The van der Waals surface area contributed by atoms with E-state index in [2.05, 4.69) is 13.8 Å². The number of ketones is 1. The molecule has 0 heterocycles. The van der Waals surface area contributed by atoms with Gasteiger partial charge in [-0.05, 0) is 102 Å². The van der Waals surface area contributed by atoms with Crippen molar-refractivity contribution in [2.75, 3.05) is 12.9 Å². The van der Waals surface area contributed by atoms with Gasteiger partial charge in [-0.25, -0.2) is 0 Å². The molecule has 4 aliphatic carbocycles. The molecule has 0 aliphatic heterocycles. The molecule has 1 N–H and O–H groups in total. The average molecular weight is 469 g/mol. The number of carbonyl (C=O) groups excluding carboxylic acids is 1. The first kappa shape index (κ1) is 23.2. The number of allylic oxidation sites excluding steroid dienone is 2. The van der Waals surface area contributed by atoms with Crippen LogP contribution in [0.1, 0.15) is 58.8 Å². The first-order valence-electron chi connectivity index (χ1n) is 12.4. The van der Waals surface area contributed by atoms with E-state index in [1.54, 1.807) is 7.11 Å². The first-order valence-corrected chi connectivity index (χ1v) is 13.7. The summed E-state index contributed by atoms with van der Waals surface area (Å²) in [7, 11) is 1.70. The maximum absolute atomic E-state index is 13.1. The van der Waals surface area contributed by atoms with E-state index in [9.17, 15) is 14.5 Å². The summed E-state index contributed by atoms with van der Waals surface area (Å²) in [5.41, 5.74) is 2.34. The average Bonchev–Trinajstić information content (AvgIpc) is 3.14. The standard InChI is InChI=1S/C28H36O4S/c1-27-14-13-19(29)15-18(27)9-10-21-22-11-12-23(28(22,2)16-24(30)26(21)27)25(32-3)17-33(31)20-7-5-4-6-8-20/h4-8,15,21-22,24,26,30H,9-14,16-17H2,1-3H3/t21-,22-,24?,26+,27-,28-,33?/m0/s1. The van der Waals surface area contributed by atoms with Gasteiger partial charge in [0.05, 0.1) is 13.2 Å². The Labute approximate surface area is 200 Å². The summed E-state index contributed by atoms with van der Waals surface area (Å²) in [5.74, 6) is 2.63. The number of hydrogen-bond donors (Lipinski definition) is 1. The van der Waals surface area contributed by atoms with E-state index >= 15 is 0 Å². The predicted octanol–water partition coefficient (Wildman–Crippen LogP) is 5.20. The first-order chi connectivity index (χ1) is 15.8. The monoisotopic (exact) mass is 468 g/mol. The van der Waals surface area contributed by atoms with Crippen molar-refractivity contribution >= 4 is 17.0 Å². The van der Waals surface area contributed by atoms with Crippen LogP contribution in [-0.4, -0.2) is 34.4 Å². The molecular formula is C28H36O4S. The molecule has 0 aromatic heterocycles. The van der Waals surface area contributed by atoms with Gasteiger partial charge in [0.1, 0.15) is 5.76 Å². The molecule has 2 unspecified atom stereocenters. The van der Waals surface area contributed by atoms with Gasteiger partial charge in [-0.3, -0.25) is 4.79 Å².